The Morgan fingerprint density at radius 1 is 1.36 bits per heavy atom. The average Bonchev–Trinajstić information content (AvgIpc) is 2.17. The van der Waals surface area contributed by atoms with E-state index in [0.29, 0.717) is 6.61 Å². The van der Waals surface area contributed by atoms with Crippen LogP contribution in [0.2, 0.25) is 0 Å². The predicted octanol–water partition coefficient (Wildman–Crippen LogP) is 2.75. The summed E-state index contributed by atoms with van der Waals surface area (Å²) in [6.07, 6.45) is 0.863. The Bertz CT molecular complexity index is 286. The molecule has 0 fully saturated rings. The maximum Gasteiger partial charge on any atom is 0.0254 e. The third kappa shape index (κ3) is 9.64. The van der Waals surface area contributed by atoms with Gasteiger partial charge in [0.2, 0.25) is 0 Å². The van der Waals surface area contributed by atoms with Crippen LogP contribution in [0.4, 0.5) is 0 Å². The molecule has 0 unspecified atom stereocenters. The average molecular weight is 231 g/mol. The first-order valence-electron chi connectivity index (χ1n) is 4.41. The molecular formula is C10H15O2S2-. The summed E-state index contributed by atoms with van der Waals surface area (Å²) in [5.74, 6) is 0. The fraction of sp³-hybridized carbons (Fsp3) is 0.400. The SMILES string of the molecule is CCCO[S-](=O)=S.Cc1ccccc1. The molecule has 0 radical (unpaired) electrons. The Morgan fingerprint density at radius 3 is 2.14 bits per heavy atom. The zero-order chi connectivity index (χ0) is 10.8. The molecule has 0 N–H and O–H groups in total. The monoisotopic (exact) mass is 231 g/mol. The maximum absolute atomic E-state index is 9.91. The first kappa shape index (κ1) is 13.5. The van der Waals surface area contributed by atoms with Crippen molar-refractivity contribution in [2.45, 2.75) is 20.3 Å². The van der Waals surface area contributed by atoms with Gasteiger partial charge in [-0.3, -0.25) is 0 Å². The fourth-order valence-corrected chi connectivity index (χ4v) is 1.19. The van der Waals surface area contributed by atoms with E-state index >= 15 is 0 Å². The first-order valence-corrected chi connectivity index (χ1v) is 6.41. The smallest absolute Gasteiger partial charge is 0.0254 e. The summed E-state index contributed by atoms with van der Waals surface area (Å²) >= 11 is 4.19. The van der Waals surface area contributed by atoms with Crippen LogP contribution in [0, 0.1) is 6.92 Å². The molecule has 0 saturated carbocycles. The lowest BCUT2D eigenvalue weighted by Gasteiger charge is -1.98. The largest absolute Gasteiger partial charge is 0.444 e. The van der Waals surface area contributed by atoms with Crippen LogP contribution in [0.15, 0.2) is 30.3 Å². The summed E-state index contributed by atoms with van der Waals surface area (Å²) in [6, 6.07) is 10.3. The van der Waals surface area contributed by atoms with Crippen LogP contribution < -0.4 is 0 Å². The highest BCUT2D eigenvalue weighted by Crippen LogP contribution is 1.92. The number of hydrogen-bond donors (Lipinski definition) is 0. The third-order valence-corrected chi connectivity index (χ3v) is 1.97. The minimum Gasteiger partial charge on any atom is -0.444 e. The lowest BCUT2D eigenvalue weighted by Crippen LogP contribution is -1.85. The molecule has 0 aromatic heterocycles. The van der Waals surface area contributed by atoms with E-state index in [9.17, 15) is 4.21 Å². The Balaban J connectivity index is 0.000000241. The molecule has 0 spiro atoms. The van der Waals surface area contributed by atoms with E-state index in [0.717, 1.165) is 6.42 Å². The second kappa shape index (κ2) is 9.12. The minimum atomic E-state index is -1.48. The molecule has 80 valence electrons. The first-order chi connectivity index (χ1) is 6.66. The standard InChI is InChI=1S/C7H8.C3H7O2S2/c1-7-5-3-2-4-6-7;1-2-3-5-7(4)6/h2-6H,1H3;2-3H2,1H3/q;-1. The van der Waals surface area contributed by atoms with Crippen molar-refractivity contribution in [2.75, 3.05) is 6.61 Å². The molecule has 1 aromatic carbocycles. The molecule has 0 aliphatic rings. The van der Waals surface area contributed by atoms with Gasteiger partial charge in [-0.25, -0.2) is 11.2 Å². The zero-order valence-corrected chi connectivity index (χ0v) is 10.1. The Labute approximate surface area is 92.2 Å². The summed E-state index contributed by atoms with van der Waals surface area (Å²) in [4.78, 5) is 0. The van der Waals surface area contributed by atoms with Crippen LogP contribution in [-0.2, 0) is 29.2 Å². The molecule has 14 heavy (non-hydrogen) atoms. The van der Waals surface area contributed by atoms with Crippen molar-refractivity contribution in [3.8, 4) is 0 Å². The van der Waals surface area contributed by atoms with Crippen LogP contribution in [0.3, 0.4) is 0 Å². The molecule has 1 aromatic rings. The van der Waals surface area contributed by atoms with Gasteiger partial charge in [0.1, 0.15) is 0 Å². The molecule has 0 aliphatic carbocycles. The maximum atomic E-state index is 9.91. The van der Waals surface area contributed by atoms with Gasteiger partial charge in [0.25, 0.3) is 0 Å². The van der Waals surface area contributed by atoms with Gasteiger partial charge in [-0.05, 0) is 13.3 Å². The van der Waals surface area contributed by atoms with Crippen LogP contribution in [-0.4, -0.2) is 6.61 Å². The van der Waals surface area contributed by atoms with E-state index in [1.165, 1.54) is 5.56 Å². The quantitative estimate of drug-likeness (QED) is 0.748. The third-order valence-electron chi connectivity index (χ3n) is 1.32. The van der Waals surface area contributed by atoms with Gasteiger partial charge in [0.05, 0.1) is 0 Å². The molecule has 2 nitrogen and oxygen atoms in total. The summed E-state index contributed by atoms with van der Waals surface area (Å²) in [5.41, 5.74) is 1.32. The van der Waals surface area contributed by atoms with Crippen molar-refractivity contribution in [3.05, 3.63) is 35.9 Å². The van der Waals surface area contributed by atoms with Gasteiger partial charge in [0, 0.05) is 6.61 Å². The van der Waals surface area contributed by atoms with Crippen molar-refractivity contribution < 1.29 is 8.39 Å². The normalized spacial score (nSPS) is 9.36. The molecule has 1 rings (SSSR count). The van der Waals surface area contributed by atoms with Crippen molar-refractivity contribution in [1.29, 1.82) is 0 Å². The fourth-order valence-electron chi connectivity index (χ4n) is 0.686. The molecule has 0 bridgehead atoms. The van der Waals surface area contributed by atoms with E-state index in [4.69, 9.17) is 0 Å². The second-order valence-corrected chi connectivity index (χ2v) is 4.14. The summed E-state index contributed by atoms with van der Waals surface area (Å²) < 4.78 is 14.4. The van der Waals surface area contributed by atoms with E-state index in [2.05, 4.69) is 34.4 Å². The summed E-state index contributed by atoms with van der Waals surface area (Å²) in [6.45, 7) is 4.51. The second-order valence-electron chi connectivity index (χ2n) is 2.68. The van der Waals surface area contributed by atoms with Gasteiger partial charge < -0.3 is 8.39 Å². The van der Waals surface area contributed by atoms with Gasteiger partial charge in [-0.1, -0.05) is 52.5 Å². The van der Waals surface area contributed by atoms with Crippen molar-refractivity contribution >= 4 is 20.8 Å². The molecule has 0 atom stereocenters. The van der Waals surface area contributed by atoms with Gasteiger partial charge in [-0.2, -0.15) is 0 Å². The molecular weight excluding hydrogens is 216 g/mol. The summed E-state index contributed by atoms with van der Waals surface area (Å²) in [5, 5.41) is 0. The van der Waals surface area contributed by atoms with Gasteiger partial charge in [0.15, 0.2) is 0 Å². The lowest BCUT2D eigenvalue weighted by molar-refractivity contribution is 0.350. The van der Waals surface area contributed by atoms with E-state index in [1.54, 1.807) is 0 Å². The number of rotatable bonds is 3. The Hall–Kier alpha value is -0.450. The Morgan fingerprint density at radius 2 is 1.93 bits per heavy atom. The van der Waals surface area contributed by atoms with E-state index < -0.39 is 9.64 Å². The highest BCUT2D eigenvalue weighted by atomic mass is 32.8. The van der Waals surface area contributed by atoms with Crippen LogP contribution >= 0.6 is 0 Å². The number of aryl methyl sites for hydroxylation is 1. The number of benzene rings is 1. The van der Waals surface area contributed by atoms with Gasteiger partial charge >= 0.3 is 0 Å². The zero-order valence-electron chi connectivity index (χ0n) is 8.43. The van der Waals surface area contributed by atoms with Crippen LogP contribution in [0.5, 0.6) is 0 Å². The number of hydrogen-bond acceptors (Lipinski definition) is 4. The van der Waals surface area contributed by atoms with Gasteiger partial charge in [-0.15, -0.1) is 0 Å². The molecule has 0 aliphatic heterocycles. The van der Waals surface area contributed by atoms with Crippen LogP contribution in [0.1, 0.15) is 18.9 Å². The minimum absolute atomic E-state index is 0.496. The molecule has 0 amide bonds. The van der Waals surface area contributed by atoms with Crippen molar-refractivity contribution in [3.63, 3.8) is 0 Å². The van der Waals surface area contributed by atoms with E-state index in [1.807, 2.05) is 25.1 Å². The lowest BCUT2D eigenvalue weighted by atomic mass is 10.2. The molecule has 0 heterocycles. The van der Waals surface area contributed by atoms with E-state index in [-0.39, 0.29) is 0 Å². The predicted molar refractivity (Wildman–Crippen MR) is 62.8 cm³/mol. The van der Waals surface area contributed by atoms with Crippen LogP contribution in [0.25, 0.3) is 0 Å². The molecule has 4 heteroatoms. The van der Waals surface area contributed by atoms with Crippen molar-refractivity contribution in [2.24, 2.45) is 0 Å². The topological polar surface area (TPSA) is 26.3 Å². The highest BCUT2D eigenvalue weighted by molar-refractivity contribution is 8.19. The molecule has 0 saturated heterocycles. The highest BCUT2D eigenvalue weighted by Gasteiger charge is 1.72. The van der Waals surface area contributed by atoms with Crippen molar-refractivity contribution in [1.82, 2.24) is 0 Å². The Kier molecular flexibility index (Phi) is 8.83. The summed E-state index contributed by atoms with van der Waals surface area (Å²) in [7, 11) is -1.48.